The second-order valence-electron chi connectivity index (χ2n) is 4.56. The van der Waals surface area contributed by atoms with Gasteiger partial charge < -0.3 is 10.2 Å². The summed E-state index contributed by atoms with van der Waals surface area (Å²) in [6, 6.07) is 0. The second kappa shape index (κ2) is 5.77. The van der Waals surface area contributed by atoms with Crippen molar-refractivity contribution in [2.75, 3.05) is 31.5 Å². The number of nitrogens with zero attached hydrogens (tertiary/aromatic N) is 2. The van der Waals surface area contributed by atoms with Crippen LogP contribution in [0.25, 0.3) is 0 Å². The monoisotopic (exact) mass is 238 g/mol. The summed E-state index contributed by atoms with van der Waals surface area (Å²) >= 11 is 0. The average Bonchev–Trinajstić information content (AvgIpc) is 2.35. The van der Waals surface area contributed by atoms with Crippen LogP contribution >= 0.6 is 0 Å². The molecule has 1 fully saturated rings. The van der Waals surface area contributed by atoms with Crippen LogP contribution in [0.5, 0.6) is 0 Å². The minimum Gasteiger partial charge on any atom is -0.363 e. The van der Waals surface area contributed by atoms with Crippen LogP contribution in [0.15, 0.2) is 4.79 Å². The van der Waals surface area contributed by atoms with Crippen LogP contribution in [0, 0.1) is 6.92 Å². The highest BCUT2D eigenvalue weighted by Gasteiger charge is 2.12. The Labute approximate surface area is 100 Å². The standard InChI is InChI=1S/C11H19N5O/c1-9-10(13-11(17)15-14-9)12-5-8-16-6-3-2-4-7-16/h2-8H2,1H3,(H2,12,13,15,17)/p+1. The number of piperidine rings is 1. The van der Waals surface area contributed by atoms with E-state index < -0.39 is 5.69 Å². The van der Waals surface area contributed by atoms with E-state index in [2.05, 4.69) is 20.5 Å². The molecule has 1 aromatic heterocycles. The lowest BCUT2D eigenvalue weighted by molar-refractivity contribution is -0.903. The van der Waals surface area contributed by atoms with Crippen molar-refractivity contribution >= 4 is 5.82 Å². The topological polar surface area (TPSA) is 75.1 Å². The molecule has 2 heterocycles. The van der Waals surface area contributed by atoms with Crippen LogP contribution in [-0.2, 0) is 0 Å². The van der Waals surface area contributed by atoms with Crippen molar-refractivity contribution in [2.24, 2.45) is 0 Å². The molecule has 0 aliphatic carbocycles. The van der Waals surface area contributed by atoms with E-state index in [-0.39, 0.29) is 0 Å². The number of aryl methyl sites for hydroxylation is 1. The number of hydrogen-bond donors (Lipinski definition) is 3. The van der Waals surface area contributed by atoms with Crippen molar-refractivity contribution in [2.45, 2.75) is 26.2 Å². The van der Waals surface area contributed by atoms with E-state index in [1.54, 1.807) is 4.90 Å². The fourth-order valence-corrected chi connectivity index (χ4v) is 2.22. The predicted molar refractivity (Wildman–Crippen MR) is 65.3 cm³/mol. The van der Waals surface area contributed by atoms with Crippen LogP contribution in [0.4, 0.5) is 5.82 Å². The Morgan fingerprint density at radius 3 is 2.88 bits per heavy atom. The third-order valence-corrected chi connectivity index (χ3v) is 3.21. The van der Waals surface area contributed by atoms with Crippen molar-refractivity contribution in [1.82, 2.24) is 15.2 Å². The first-order valence-corrected chi connectivity index (χ1v) is 6.26. The zero-order chi connectivity index (χ0) is 12.1. The molecule has 17 heavy (non-hydrogen) atoms. The molecule has 6 heteroatoms. The molecule has 3 N–H and O–H groups in total. The molecule has 0 atom stereocenters. The van der Waals surface area contributed by atoms with E-state index in [1.165, 1.54) is 32.4 Å². The molecule has 0 radical (unpaired) electrons. The first-order valence-electron chi connectivity index (χ1n) is 6.26. The van der Waals surface area contributed by atoms with Crippen molar-refractivity contribution in [3.8, 4) is 0 Å². The number of aromatic amines is 1. The number of quaternary nitrogens is 1. The van der Waals surface area contributed by atoms with Gasteiger partial charge in [-0.05, 0) is 26.2 Å². The number of hydrogen-bond acceptors (Lipinski definition) is 4. The number of nitrogens with one attached hydrogen (secondary N) is 3. The number of aromatic nitrogens is 3. The van der Waals surface area contributed by atoms with Gasteiger partial charge >= 0.3 is 5.69 Å². The van der Waals surface area contributed by atoms with Gasteiger partial charge in [0, 0.05) is 0 Å². The lowest BCUT2D eigenvalue weighted by Gasteiger charge is -2.23. The fourth-order valence-electron chi connectivity index (χ4n) is 2.22. The molecule has 1 aliphatic heterocycles. The molecule has 1 aliphatic rings. The second-order valence-corrected chi connectivity index (χ2v) is 4.56. The normalized spacial score (nSPS) is 17.0. The first-order chi connectivity index (χ1) is 8.25. The Kier molecular flexibility index (Phi) is 4.08. The number of anilines is 1. The molecule has 0 bridgehead atoms. The highest BCUT2D eigenvalue weighted by molar-refractivity contribution is 5.37. The summed E-state index contributed by atoms with van der Waals surface area (Å²) in [5.74, 6) is 0.602. The molecule has 2 rings (SSSR count). The van der Waals surface area contributed by atoms with Crippen LogP contribution in [0.2, 0.25) is 0 Å². The van der Waals surface area contributed by atoms with Gasteiger partial charge in [0.1, 0.15) is 5.69 Å². The lowest BCUT2D eigenvalue weighted by atomic mass is 10.1. The van der Waals surface area contributed by atoms with Crippen LogP contribution in [0.3, 0.4) is 0 Å². The number of H-pyrrole nitrogens is 1. The van der Waals surface area contributed by atoms with Gasteiger partial charge in [-0.2, -0.15) is 10.1 Å². The molecular formula is C11H20N5O+. The minimum absolute atomic E-state index is 0.400. The molecule has 1 saturated heterocycles. The predicted octanol–water partition coefficient (Wildman–Crippen LogP) is -1.05. The van der Waals surface area contributed by atoms with E-state index in [0.717, 1.165) is 18.8 Å². The number of likely N-dealkylation sites (tertiary alicyclic amines) is 1. The Bertz CT molecular complexity index is 411. The van der Waals surface area contributed by atoms with Gasteiger partial charge in [-0.25, -0.2) is 9.89 Å². The van der Waals surface area contributed by atoms with E-state index in [0.29, 0.717) is 5.82 Å². The van der Waals surface area contributed by atoms with Gasteiger partial charge in [0.05, 0.1) is 26.2 Å². The molecule has 0 spiro atoms. The molecule has 0 aromatic carbocycles. The maximum Gasteiger partial charge on any atom is 0.363 e. The molecule has 0 amide bonds. The first kappa shape index (κ1) is 12.0. The lowest BCUT2D eigenvalue weighted by Crippen LogP contribution is -3.13. The van der Waals surface area contributed by atoms with E-state index in [9.17, 15) is 4.79 Å². The van der Waals surface area contributed by atoms with Gasteiger partial charge in [-0.3, -0.25) is 0 Å². The average molecular weight is 238 g/mol. The Morgan fingerprint density at radius 1 is 1.35 bits per heavy atom. The zero-order valence-electron chi connectivity index (χ0n) is 10.3. The molecule has 94 valence electrons. The Balaban J connectivity index is 1.81. The van der Waals surface area contributed by atoms with Crippen LogP contribution < -0.4 is 15.9 Å². The van der Waals surface area contributed by atoms with Crippen LogP contribution in [-0.4, -0.2) is 41.4 Å². The molecule has 6 nitrogen and oxygen atoms in total. The summed E-state index contributed by atoms with van der Waals surface area (Å²) in [4.78, 5) is 16.5. The third kappa shape index (κ3) is 3.52. The Morgan fingerprint density at radius 2 is 2.12 bits per heavy atom. The highest BCUT2D eigenvalue weighted by Crippen LogP contribution is 2.01. The summed E-state index contributed by atoms with van der Waals surface area (Å²) < 4.78 is 0. The summed E-state index contributed by atoms with van der Waals surface area (Å²) in [7, 11) is 0. The highest BCUT2D eigenvalue weighted by atomic mass is 16.1. The van der Waals surface area contributed by atoms with E-state index in [4.69, 9.17) is 0 Å². The summed E-state index contributed by atoms with van der Waals surface area (Å²) in [6.45, 7) is 6.28. The largest absolute Gasteiger partial charge is 0.363 e. The molecule has 1 aromatic rings. The molecule has 0 unspecified atom stereocenters. The van der Waals surface area contributed by atoms with Gasteiger partial charge in [-0.15, -0.1) is 0 Å². The summed E-state index contributed by atoms with van der Waals surface area (Å²) in [6.07, 6.45) is 4.04. The Hall–Kier alpha value is -1.43. The zero-order valence-corrected chi connectivity index (χ0v) is 10.3. The third-order valence-electron chi connectivity index (χ3n) is 3.21. The SMILES string of the molecule is Cc1n[nH]c(=O)nc1NCC[NH+]1CCCCC1. The number of rotatable bonds is 4. The van der Waals surface area contributed by atoms with Crippen LogP contribution in [0.1, 0.15) is 25.0 Å². The van der Waals surface area contributed by atoms with E-state index >= 15 is 0 Å². The molecular weight excluding hydrogens is 218 g/mol. The van der Waals surface area contributed by atoms with Crippen molar-refractivity contribution in [3.05, 3.63) is 16.2 Å². The van der Waals surface area contributed by atoms with Crippen molar-refractivity contribution in [3.63, 3.8) is 0 Å². The summed E-state index contributed by atoms with van der Waals surface area (Å²) in [5, 5.41) is 9.38. The quantitative estimate of drug-likeness (QED) is 0.626. The van der Waals surface area contributed by atoms with Crippen molar-refractivity contribution in [1.29, 1.82) is 0 Å². The van der Waals surface area contributed by atoms with Gasteiger partial charge in [0.25, 0.3) is 0 Å². The minimum atomic E-state index is -0.400. The van der Waals surface area contributed by atoms with Gasteiger partial charge in [0.15, 0.2) is 5.82 Å². The maximum atomic E-state index is 11.0. The van der Waals surface area contributed by atoms with E-state index in [1.807, 2.05) is 6.92 Å². The van der Waals surface area contributed by atoms with Gasteiger partial charge in [-0.1, -0.05) is 0 Å². The fraction of sp³-hybridized carbons (Fsp3) is 0.727. The summed E-state index contributed by atoms with van der Waals surface area (Å²) in [5.41, 5.74) is 0.335. The maximum absolute atomic E-state index is 11.0. The van der Waals surface area contributed by atoms with Gasteiger partial charge in [0.2, 0.25) is 0 Å². The molecule has 0 saturated carbocycles. The van der Waals surface area contributed by atoms with Crippen molar-refractivity contribution < 1.29 is 4.90 Å². The smallest absolute Gasteiger partial charge is 0.363 e.